The molecular formula is C16H31NO3. The largest absolute Gasteiger partial charge is 0.480 e. The zero-order valence-corrected chi connectivity index (χ0v) is 13.4. The number of rotatable bonds is 8. The highest BCUT2D eigenvalue weighted by molar-refractivity contribution is 5.78. The van der Waals surface area contributed by atoms with Crippen LogP contribution < -0.4 is 5.32 Å². The predicted octanol–water partition coefficient (Wildman–Crippen LogP) is 3.20. The number of aliphatic carboxylic acids is 1. The van der Waals surface area contributed by atoms with Crippen molar-refractivity contribution in [2.75, 3.05) is 6.61 Å². The molecule has 1 rings (SSSR count). The molecule has 1 fully saturated rings. The third-order valence-electron chi connectivity index (χ3n) is 4.27. The minimum atomic E-state index is -0.851. The summed E-state index contributed by atoms with van der Waals surface area (Å²) in [5.41, 5.74) is -0.851. The Labute approximate surface area is 123 Å². The smallest absolute Gasteiger partial charge is 0.323 e. The summed E-state index contributed by atoms with van der Waals surface area (Å²) < 4.78 is 5.95. The van der Waals surface area contributed by atoms with Crippen molar-refractivity contribution in [1.29, 1.82) is 0 Å². The number of hydrogen-bond acceptors (Lipinski definition) is 3. The molecule has 0 heterocycles. The van der Waals surface area contributed by atoms with Crippen LogP contribution in [0.1, 0.15) is 66.2 Å². The van der Waals surface area contributed by atoms with Gasteiger partial charge < -0.3 is 9.84 Å². The van der Waals surface area contributed by atoms with Gasteiger partial charge in [0.25, 0.3) is 0 Å². The molecular weight excluding hydrogens is 254 g/mol. The van der Waals surface area contributed by atoms with Crippen LogP contribution in [-0.2, 0) is 9.53 Å². The van der Waals surface area contributed by atoms with E-state index >= 15 is 0 Å². The molecule has 1 aliphatic carbocycles. The average Bonchev–Trinajstić information content (AvgIpc) is 2.35. The van der Waals surface area contributed by atoms with Crippen LogP contribution in [0.5, 0.6) is 0 Å². The molecule has 0 aliphatic heterocycles. The fourth-order valence-electron chi connectivity index (χ4n) is 3.07. The van der Waals surface area contributed by atoms with Crippen molar-refractivity contribution in [3.63, 3.8) is 0 Å². The summed E-state index contributed by atoms with van der Waals surface area (Å²) in [7, 11) is 0. The molecule has 0 spiro atoms. The fraction of sp³-hybridized carbons (Fsp3) is 0.938. The lowest BCUT2D eigenvalue weighted by molar-refractivity contribution is -0.145. The molecule has 118 valence electrons. The molecule has 0 bridgehead atoms. The van der Waals surface area contributed by atoms with E-state index in [1.165, 1.54) is 19.3 Å². The van der Waals surface area contributed by atoms with E-state index in [1.807, 2.05) is 13.8 Å². The van der Waals surface area contributed by atoms with Crippen molar-refractivity contribution in [1.82, 2.24) is 5.32 Å². The van der Waals surface area contributed by atoms with Crippen LogP contribution in [0.25, 0.3) is 0 Å². The van der Waals surface area contributed by atoms with Crippen molar-refractivity contribution in [2.45, 2.75) is 83.9 Å². The number of carboxylic acids is 1. The molecule has 3 unspecified atom stereocenters. The van der Waals surface area contributed by atoms with E-state index in [0.29, 0.717) is 25.0 Å². The monoisotopic (exact) mass is 285 g/mol. The first-order valence-electron chi connectivity index (χ1n) is 7.98. The van der Waals surface area contributed by atoms with Gasteiger partial charge in [-0.2, -0.15) is 0 Å². The summed E-state index contributed by atoms with van der Waals surface area (Å²) >= 11 is 0. The lowest BCUT2D eigenvalue weighted by Crippen LogP contribution is -2.52. The number of ether oxygens (including phenoxy) is 1. The summed E-state index contributed by atoms with van der Waals surface area (Å²) in [4.78, 5) is 11.4. The van der Waals surface area contributed by atoms with E-state index in [9.17, 15) is 9.90 Å². The maximum Gasteiger partial charge on any atom is 0.323 e. The molecule has 0 aromatic heterocycles. The Morgan fingerprint density at radius 3 is 2.60 bits per heavy atom. The Balaban J connectivity index is 2.32. The first-order valence-corrected chi connectivity index (χ1v) is 7.98. The van der Waals surface area contributed by atoms with Crippen LogP contribution in [0.15, 0.2) is 0 Å². The third kappa shape index (κ3) is 5.41. The number of nitrogens with one attached hydrogen (secondary N) is 1. The van der Waals surface area contributed by atoms with Crippen LogP contribution >= 0.6 is 0 Å². The number of carbonyl (C=O) groups is 1. The minimum Gasteiger partial charge on any atom is -0.480 e. The highest BCUT2D eigenvalue weighted by Crippen LogP contribution is 2.26. The van der Waals surface area contributed by atoms with Crippen LogP contribution in [0.2, 0.25) is 0 Å². The molecule has 3 atom stereocenters. The summed E-state index contributed by atoms with van der Waals surface area (Å²) in [6.07, 6.45) is 6.74. The van der Waals surface area contributed by atoms with Crippen LogP contribution in [0, 0.1) is 5.92 Å². The average molecular weight is 285 g/mol. The standard InChI is InChI=1S/C16H31NO3/c1-12(2)17-16(4,15(18)19)10-7-11-20-14-9-6-5-8-13(14)3/h12-14,17H,5-11H2,1-4H3,(H,18,19). The van der Waals surface area contributed by atoms with Gasteiger partial charge in [0.1, 0.15) is 5.54 Å². The molecule has 0 radical (unpaired) electrons. The summed E-state index contributed by atoms with van der Waals surface area (Å²) in [5.74, 6) is -0.138. The number of carboxylic acid groups (broad SMARTS) is 1. The van der Waals surface area contributed by atoms with Gasteiger partial charge in [0.05, 0.1) is 6.10 Å². The molecule has 0 saturated heterocycles. The Bertz CT molecular complexity index is 306. The topological polar surface area (TPSA) is 58.6 Å². The van der Waals surface area contributed by atoms with Crippen LogP contribution in [0.3, 0.4) is 0 Å². The molecule has 1 saturated carbocycles. The summed E-state index contributed by atoms with van der Waals surface area (Å²) in [6.45, 7) is 8.63. The SMILES string of the molecule is CC(C)NC(C)(CCCOC1CCCCC1C)C(=O)O. The normalized spacial score (nSPS) is 26.4. The maximum absolute atomic E-state index is 11.4. The maximum atomic E-state index is 11.4. The quantitative estimate of drug-likeness (QED) is 0.672. The fourth-order valence-corrected chi connectivity index (χ4v) is 3.07. The van der Waals surface area contributed by atoms with E-state index in [2.05, 4.69) is 12.2 Å². The second kappa shape index (κ2) is 7.99. The van der Waals surface area contributed by atoms with Gasteiger partial charge >= 0.3 is 5.97 Å². The van der Waals surface area contributed by atoms with E-state index < -0.39 is 11.5 Å². The van der Waals surface area contributed by atoms with Gasteiger partial charge in [-0.05, 0) is 52.4 Å². The highest BCUT2D eigenvalue weighted by Gasteiger charge is 2.33. The molecule has 4 nitrogen and oxygen atoms in total. The van der Waals surface area contributed by atoms with E-state index in [1.54, 1.807) is 6.92 Å². The second-order valence-electron chi connectivity index (χ2n) is 6.71. The molecule has 1 aliphatic rings. The van der Waals surface area contributed by atoms with Gasteiger partial charge in [0.2, 0.25) is 0 Å². The van der Waals surface area contributed by atoms with Crippen LogP contribution in [0.4, 0.5) is 0 Å². The second-order valence-corrected chi connectivity index (χ2v) is 6.71. The Kier molecular flexibility index (Phi) is 6.96. The first-order chi connectivity index (χ1) is 9.35. The molecule has 0 amide bonds. The van der Waals surface area contributed by atoms with Gasteiger partial charge in [0.15, 0.2) is 0 Å². The number of hydrogen-bond donors (Lipinski definition) is 2. The first kappa shape index (κ1) is 17.4. The van der Waals surface area contributed by atoms with Crippen molar-refractivity contribution in [2.24, 2.45) is 5.92 Å². The van der Waals surface area contributed by atoms with Gasteiger partial charge in [-0.25, -0.2) is 0 Å². The van der Waals surface area contributed by atoms with E-state index in [0.717, 1.165) is 12.8 Å². The lowest BCUT2D eigenvalue weighted by Gasteiger charge is -2.31. The van der Waals surface area contributed by atoms with Gasteiger partial charge in [-0.15, -0.1) is 0 Å². The molecule has 2 N–H and O–H groups in total. The van der Waals surface area contributed by atoms with Crippen molar-refractivity contribution >= 4 is 5.97 Å². The van der Waals surface area contributed by atoms with Crippen molar-refractivity contribution < 1.29 is 14.6 Å². The molecule has 0 aromatic rings. The van der Waals surface area contributed by atoms with Gasteiger partial charge in [-0.3, -0.25) is 10.1 Å². The molecule has 4 heteroatoms. The van der Waals surface area contributed by atoms with Gasteiger partial charge in [0, 0.05) is 12.6 Å². The minimum absolute atomic E-state index is 0.162. The third-order valence-corrected chi connectivity index (χ3v) is 4.27. The molecule has 20 heavy (non-hydrogen) atoms. The molecule has 0 aromatic carbocycles. The van der Waals surface area contributed by atoms with Crippen molar-refractivity contribution in [3.05, 3.63) is 0 Å². The summed E-state index contributed by atoms with van der Waals surface area (Å²) in [5, 5.41) is 12.5. The lowest BCUT2D eigenvalue weighted by atomic mass is 9.88. The van der Waals surface area contributed by atoms with Crippen molar-refractivity contribution in [3.8, 4) is 0 Å². The Morgan fingerprint density at radius 2 is 2.05 bits per heavy atom. The predicted molar refractivity (Wildman–Crippen MR) is 80.9 cm³/mol. The van der Waals surface area contributed by atoms with Gasteiger partial charge in [-0.1, -0.05) is 19.8 Å². The Morgan fingerprint density at radius 1 is 1.40 bits per heavy atom. The highest BCUT2D eigenvalue weighted by atomic mass is 16.5. The summed E-state index contributed by atoms with van der Waals surface area (Å²) in [6, 6.07) is 0.162. The zero-order valence-electron chi connectivity index (χ0n) is 13.4. The zero-order chi connectivity index (χ0) is 15.2. The van der Waals surface area contributed by atoms with Crippen LogP contribution in [-0.4, -0.2) is 35.4 Å². The Hall–Kier alpha value is -0.610. The van der Waals surface area contributed by atoms with E-state index in [-0.39, 0.29) is 6.04 Å². The van der Waals surface area contributed by atoms with E-state index in [4.69, 9.17) is 4.74 Å².